The zero-order valence-corrected chi connectivity index (χ0v) is 15.7. The minimum Gasteiger partial charge on any atom is -0.497 e. The lowest BCUT2D eigenvalue weighted by Crippen LogP contribution is -2.28. The number of hydrogen-bond donors (Lipinski definition) is 1. The number of benzene rings is 2. The molecule has 1 N–H and O–H groups in total. The van der Waals surface area contributed by atoms with E-state index in [4.69, 9.17) is 14.2 Å². The van der Waals surface area contributed by atoms with Gasteiger partial charge in [-0.1, -0.05) is 12.1 Å². The topological polar surface area (TPSA) is 56.8 Å². The average molecular weight is 361 g/mol. The molecule has 0 spiro atoms. The maximum atomic E-state index is 12.2. The normalized spacial score (nSPS) is 11.5. The smallest absolute Gasteiger partial charge is 0.230 e. The van der Waals surface area contributed by atoms with E-state index in [0.29, 0.717) is 17.3 Å². The Kier molecular flexibility index (Phi) is 7.01. The summed E-state index contributed by atoms with van der Waals surface area (Å²) in [6, 6.07) is 13.2. The molecule has 0 heterocycles. The zero-order chi connectivity index (χ0) is 18.2. The van der Waals surface area contributed by atoms with E-state index in [0.717, 1.165) is 16.2 Å². The van der Waals surface area contributed by atoms with Gasteiger partial charge in [-0.15, -0.1) is 11.8 Å². The van der Waals surface area contributed by atoms with Gasteiger partial charge >= 0.3 is 0 Å². The molecule has 0 saturated carbocycles. The predicted octanol–water partition coefficient (Wildman–Crippen LogP) is 3.68. The van der Waals surface area contributed by atoms with Crippen molar-refractivity contribution >= 4 is 17.7 Å². The van der Waals surface area contributed by atoms with Crippen molar-refractivity contribution in [3.05, 3.63) is 48.0 Å². The highest BCUT2D eigenvalue weighted by atomic mass is 32.2. The van der Waals surface area contributed by atoms with Gasteiger partial charge in [-0.3, -0.25) is 4.79 Å². The fourth-order valence-electron chi connectivity index (χ4n) is 2.31. The van der Waals surface area contributed by atoms with Gasteiger partial charge in [0.25, 0.3) is 0 Å². The van der Waals surface area contributed by atoms with E-state index in [-0.39, 0.29) is 11.9 Å². The Labute approximate surface area is 152 Å². The van der Waals surface area contributed by atoms with E-state index in [1.165, 1.54) is 11.8 Å². The molecule has 2 aromatic carbocycles. The van der Waals surface area contributed by atoms with Crippen LogP contribution in [0.5, 0.6) is 17.2 Å². The lowest BCUT2D eigenvalue weighted by atomic mass is 10.1. The Balaban J connectivity index is 1.89. The van der Waals surface area contributed by atoms with Crippen LogP contribution in [-0.2, 0) is 4.79 Å². The summed E-state index contributed by atoms with van der Waals surface area (Å²) in [7, 11) is 4.82. The van der Waals surface area contributed by atoms with Crippen LogP contribution < -0.4 is 19.5 Å². The van der Waals surface area contributed by atoms with Crippen LogP contribution >= 0.6 is 11.8 Å². The molecule has 6 heteroatoms. The first-order valence-electron chi connectivity index (χ1n) is 7.85. The fourth-order valence-corrected chi connectivity index (χ4v) is 3.05. The average Bonchev–Trinajstić information content (AvgIpc) is 2.66. The van der Waals surface area contributed by atoms with Crippen LogP contribution in [0.1, 0.15) is 18.5 Å². The van der Waals surface area contributed by atoms with Gasteiger partial charge < -0.3 is 19.5 Å². The first-order chi connectivity index (χ1) is 12.1. The fraction of sp³-hybridized carbons (Fsp3) is 0.316. The van der Waals surface area contributed by atoms with E-state index < -0.39 is 0 Å². The number of thioether (sulfide) groups is 1. The van der Waals surface area contributed by atoms with Crippen LogP contribution in [0.2, 0.25) is 0 Å². The highest BCUT2D eigenvalue weighted by Gasteiger charge is 2.11. The maximum absolute atomic E-state index is 12.2. The molecule has 0 aliphatic carbocycles. The predicted molar refractivity (Wildman–Crippen MR) is 99.8 cm³/mol. The van der Waals surface area contributed by atoms with Crippen molar-refractivity contribution < 1.29 is 19.0 Å². The molecule has 1 amide bonds. The number of methoxy groups -OCH3 is 3. The van der Waals surface area contributed by atoms with Gasteiger partial charge in [0.05, 0.1) is 33.1 Å². The maximum Gasteiger partial charge on any atom is 0.230 e. The monoisotopic (exact) mass is 361 g/mol. The molecule has 0 fully saturated rings. The highest BCUT2D eigenvalue weighted by molar-refractivity contribution is 8.00. The number of rotatable bonds is 8. The molecule has 1 atom stereocenters. The van der Waals surface area contributed by atoms with Gasteiger partial charge in [-0.2, -0.15) is 0 Å². The van der Waals surface area contributed by atoms with Crippen molar-refractivity contribution in [1.82, 2.24) is 5.32 Å². The number of carbonyl (C=O) groups is 1. The quantitative estimate of drug-likeness (QED) is 0.727. The molecule has 134 valence electrons. The third-order valence-corrected chi connectivity index (χ3v) is 4.71. The van der Waals surface area contributed by atoms with Crippen LogP contribution in [0.15, 0.2) is 47.4 Å². The van der Waals surface area contributed by atoms with E-state index in [2.05, 4.69) is 5.32 Å². The van der Waals surface area contributed by atoms with Gasteiger partial charge in [-0.05, 0) is 42.8 Å². The second-order valence-corrected chi connectivity index (χ2v) is 6.42. The SMILES string of the molecule is COc1ccc([C@H](C)NC(=O)CSc2ccc(OC)c(OC)c2)cc1. The van der Waals surface area contributed by atoms with Crippen molar-refractivity contribution in [1.29, 1.82) is 0 Å². The van der Waals surface area contributed by atoms with Crippen LogP contribution in [0, 0.1) is 0 Å². The Hall–Kier alpha value is -2.34. The summed E-state index contributed by atoms with van der Waals surface area (Å²) >= 11 is 1.45. The molecule has 0 aliphatic rings. The number of hydrogen-bond acceptors (Lipinski definition) is 5. The Morgan fingerprint density at radius 2 is 1.68 bits per heavy atom. The summed E-state index contributed by atoms with van der Waals surface area (Å²) in [5.74, 6) is 2.43. The van der Waals surface area contributed by atoms with E-state index >= 15 is 0 Å². The Bertz CT molecular complexity index is 703. The number of carbonyl (C=O) groups excluding carboxylic acids is 1. The molecule has 2 rings (SSSR count). The van der Waals surface area contributed by atoms with Gasteiger partial charge in [-0.25, -0.2) is 0 Å². The lowest BCUT2D eigenvalue weighted by molar-refractivity contribution is -0.119. The molecule has 0 bridgehead atoms. The van der Waals surface area contributed by atoms with Gasteiger partial charge in [0, 0.05) is 4.90 Å². The van der Waals surface area contributed by atoms with Gasteiger partial charge in [0.2, 0.25) is 5.91 Å². The van der Waals surface area contributed by atoms with Crippen molar-refractivity contribution in [3.63, 3.8) is 0 Å². The minimum absolute atomic E-state index is 0.0249. The summed E-state index contributed by atoms with van der Waals surface area (Å²) in [6.45, 7) is 1.96. The van der Waals surface area contributed by atoms with Crippen LogP contribution in [0.25, 0.3) is 0 Å². The summed E-state index contributed by atoms with van der Waals surface area (Å²) in [4.78, 5) is 13.1. The molecular weight excluding hydrogens is 338 g/mol. The van der Waals surface area contributed by atoms with Crippen molar-refractivity contribution in [2.24, 2.45) is 0 Å². The summed E-state index contributed by atoms with van der Waals surface area (Å²) in [5, 5.41) is 3.00. The molecule has 25 heavy (non-hydrogen) atoms. The van der Waals surface area contributed by atoms with E-state index in [9.17, 15) is 4.79 Å². The van der Waals surface area contributed by atoms with Gasteiger partial charge in [0.1, 0.15) is 5.75 Å². The minimum atomic E-state index is -0.0654. The van der Waals surface area contributed by atoms with E-state index in [1.807, 2.05) is 49.4 Å². The van der Waals surface area contributed by atoms with Crippen molar-refractivity contribution in [3.8, 4) is 17.2 Å². The highest BCUT2D eigenvalue weighted by Crippen LogP contribution is 2.31. The standard InChI is InChI=1S/C19H23NO4S/c1-13(14-5-7-15(22-2)8-6-14)20-19(21)12-25-16-9-10-17(23-3)18(11-16)24-4/h5-11,13H,12H2,1-4H3,(H,20,21)/t13-/m0/s1. The summed E-state index contributed by atoms with van der Waals surface area (Å²) in [6.07, 6.45) is 0. The third-order valence-electron chi connectivity index (χ3n) is 3.72. The van der Waals surface area contributed by atoms with Gasteiger partial charge in [0.15, 0.2) is 11.5 Å². The van der Waals surface area contributed by atoms with E-state index in [1.54, 1.807) is 21.3 Å². The largest absolute Gasteiger partial charge is 0.497 e. The molecule has 0 aliphatic heterocycles. The molecule has 2 aromatic rings. The molecule has 0 radical (unpaired) electrons. The first kappa shape index (κ1) is 19.0. The second kappa shape index (κ2) is 9.22. The summed E-state index contributed by atoms with van der Waals surface area (Å²) < 4.78 is 15.6. The second-order valence-electron chi connectivity index (χ2n) is 5.37. The van der Waals surface area contributed by atoms with Crippen molar-refractivity contribution in [2.45, 2.75) is 17.9 Å². The Morgan fingerprint density at radius 1 is 1.00 bits per heavy atom. The number of nitrogens with one attached hydrogen (secondary N) is 1. The Morgan fingerprint density at radius 3 is 2.28 bits per heavy atom. The third kappa shape index (κ3) is 5.32. The summed E-state index contributed by atoms with van der Waals surface area (Å²) in [5.41, 5.74) is 1.03. The molecule has 5 nitrogen and oxygen atoms in total. The van der Waals surface area contributed by atoms with Crippen LogP contribution in [0.4, 0.5) is 0 Å². The molecule has 0 saturated heterocycles. The number of amides is 1. The lowest BCUT2D eigenvalue weighted by Gasteiger charge is -2.15. The zero-order valence-electron chi connectivity index (χ0n) is 14.9. The molecule has 0 aromatic heterocycles. The van der Waals surface area contributed by atoms with Crippen molar-refractivity contribution in [2.75, 3.05) is 27.1 Å². The first-order valence-corrected chi connectivity index (χ1v) is 8.84. The number of ether oxygens (including phenoxy) is 3. The molecule has 0 unspecified atom stereocenters. The molecular formula is C19H23NO4S. The van der Waals surface area contributed by atoms with Crippen LogP contribution in [-0.4, -0.2) is 33.0 Å². The van der Waals surface area contributed by atoms with Crippen LogP contribution in [0.3, 0.4) is 0 Å².